The van der Waals surface area contributed by atoms with Crippen LogP contribution in [0.3, 0.4) is 0 Å². The summed E-state index contributed by atoms with van der Waals surface area (Å²) in [7, 11) is 0. The van der Waals surface area contributed by atoms with Gasteiger partial charge >= 0.3 is 0 Å². The first kappa shape index (κ1) is 19.5. The minimum absolute atomic E-state index is 0.151. The molecule has 0 aliphatic rings. The molecule has 0 radical (unpaired) electrons. The summed E-state index contributed by atoms with van der Waals surface area (Å²) in [5, 5.41) is 6.17. The molecule has 5 heteroatoms. The van der Waals surface area contributed by atoms with Gasteiger partial charge in [-0.2, -0.15) is 0 Å². The van der Waals surface area contributed by atoms with Crippen molar-refractivity contribution in [3.05, 3.63) is 82.7 Å². The molecule has 144 valence electrons. The number of aryl methyl sites for hydroxylation is 4. The molecule has 0 aliphatic heterocycles. The number of amides is 1. The lowest BCUT2D eigenvalue weighted by atomic mass is 10.1. The molecule has 1 aromatic heterocycles. The maximum atomic E-state index is 12.3. The smallest absolute Gasteiger partial charge is 0.254 e. The Hall–Kier alpha value is -3.21. The van der Waals surface area contributed by atoms with Crippen molar-refractivity contribution in [1.29, 1.82) is 0 Å². The first-order valence-electron chi connectivity index (χ1n) is 9.52. The zero-order valence-corrected chi connectivity index (χ0v) is 16.6. The number of hydrogen-bond acceptors (Lipinski definition) is 4. The second-order valence-corrected chi connectivity index (χ2v) is 7.04. The van der Waals surface area contributed by atoms with Crippen LogP contribution in [0, 0.1) is 20.8 Å². The second kappa shape index (κ2) is 9.13. The lowest BCUT2D eigenvalue weighted by molar-refractivity contribution is 0.0952. The number of rotatable bonds is 7. The van der Waals surface area contributed by atoms with Crippen LogP contribution < -0.4 is 10.6 Å². The van der Waals surface area contributed by atoms with Gasteiger partial charge in [-0.05, 0) is 50.3 Å². The summed E-state index contributed by atoms with van der Waals surface area (Å²) >= 11 is 0. The van der Waals surface area contributed by atoms with Crippen LogP contribution in [0.1, 0.15) is 39.0 Å². The number of nitrogens with zero attached hydrogens (tertiary/aromatic N) is 2. The van der Waals surface area contributed by atoms with Crippen molar-refractivity contribution in [1.82, 2.24) is 15.3 Å². The topological polar surface area (TPSA) is 66.9 Å². The minimum atomic E-state index is -0.151. The third kappa shape index (κ3) is 5.16. The molecule has 1 amide bonds. The van der Waals surface area contributed by atoms with Crippen LogP contribution in [0.2, 0.25) is 0 Å². The standard InChI is InChI=1S/C23H26N4O/c1-16-12-17(2)21(18(3)13-16)27-23-25-14-20(15-26-23)22(28)24-11-7-10-19-8-5-4-6-9-19/h4-6,8-9,12-15H,7,10-11H2,1-3H3,(H,24,28)(H,25,26,27). The van der Waals surface area contributed by atoms with Crippen LogP contribution >= 0.6 is 0 Å². The van der Waals surface area contributed by atoms with E-state index in [0.717, 1.165) is 29.7 Å². The third-order valence-corrected chi connectivity index (χ3v) is 4.60. The van der Waals surface area contributed by atoms with Crippen molar-refractivity contribution >= 4 is 17.5 Å². The molecule has 5 nitrogen and oxygen atoms in total. The summed E-state index contributed by atoms with van der Waals surface area (Å²) in [4.78, 5) is 20.8. The zero-order valence-electron chi connectivity index (χ0n) is 16.6. The normalized spacial score (nSPS) is 10.5. The van der Waals surface area contributed by atoms with E-state index in [2.05, 4.69) is 65.6 Å². The molecule has 0 atom stereocenters. The summed E-state index contributed by atoms with van der Waals surface area (Å²) in [6.07, 6.45) is 4.94. The van der Waals surface area contributed by atoms with Crippen molar-refractivity contribution in [2.75, 3.05) is 11.9 Å². The Balaban J connectivity index is 1.53. The number of hydrogen-bond donors (Lipinski definition) is 2. The van der Waals surface area contributed by atoms with Crippen LogP contribution in [0.15, 0.2) is 54.9 Å². The molecule has 1 heterocycles. The molecule has 0 fully saturated rings. The van der Waals surface area contributed by atoms with Crippen molar-refractivity contribution in [2.45, 2.75) is 33.6 Å². The zero-order chi connectivity index (χ0) is 19.9. The van der Waals surface area contributed by atoms with Crippen LogP contribution in [-0.4, -0.2) is 22.4 Å². The number of anilines is 2. The van der Waals surface area contributed by atoms with Crippen LogP contribution in [0.5, 0.6) is 0 Å². The highest BCUT2D eigenvalue weighted by Gasteiger charge is 2.09. The Kier molecular flexibility index (Phi) is 6.37. The molecule has 28 heavy (non-hydrogen) atoms. The van der Waals surface area contributed by atoms with E-state index in [1.807, 2.05) is 18.2 Å². The number of benzene rings is 2. The minimum Gasteiger partial charge on any atom is -0.352 e. The van der Waals surface area contributed by atoms with Gasteiger partial charge in [0.25, 0.3) is 5.91 Å². The lowest BCUT2D eigenvalue weighted by Crippen LogP contribution is -2.25. The SMILES string of the molecule is Cc1cc(C)c(Nc2ncc(C(=O)NCCCc3ccccc3)cn2)c(C)c1. The van der Waals surface area contributed by atoms with Crippen molar-refractivity contribution in [3.8, 4) is 0 Å². The van der Waals surface area contributed by atoms with E-state index in [1.54, 1.807) is 12.4 Å². The predicted octanol–water partition coefficient (Wildman–Crippen LogP) is 4.51. The molecule has 2 N–H and O–H groups in total. The largest absolute Gasteiger partial charge is 0.352 e. The summed E-state index contributed by atoms with van der Waals surface area (Å²) < 4.78 is 0. The third-order valence-electron chi connectivity index (χ3n) is 4.60. The van der Waals surface area contributed by atoms with Gasteiger partial charge < -0.3 is 10.6 Å². The summed E-state index contributed by atoms with van der Waals surface area (Å²) in [6, 6.07) is 14.5. The Labute approximate surface area is 166 Å². The number of nitrogens with one attached hydrogen (secondary N) is 2. The fourth-order valence-electron chi connectivity index (χ4n) is 3.24. The van der Waals surface area contributed by atoms with E-state index in [4.69, 9.17) is 0 Å². The average Bonchev–Trinajstić information content (AvgIpc) is 2.69. The van der Waals surface area contributed by atoms with Gasteiger partial charge in [-0.15, -0.1) is 0 Å². The lowest BCUT2D eigenvalue weighted by Gasteiger charge is -2.12. The van der Waals surface area contributed by atoms with Crippen molar-refractivity contribution < 1.29 is 4.79 Å². The summed E-state index contributed by atoms with van der Waals surface area (Å²) in [6.45, 7) is 6.81. The van der Waals surface area contributed by atoms with E-state index in [0.29, 0.717) is 18.1 Å². The van der Waals surface area contributed by atoms with Gasteiger partial charge in [0.05, 0.1) is 5.56 Å². The molecule has 3 rings (SSSR count). The van der Waals surface area contributed by atoms with Gasteiger partial charge in [-0.25, -0.2) is 9.97 Å². The van der Waals surface area contributed by atoms with Crippen LogP contribution in [0.4, 0.5) is 11.6 Å². The maximum Gasteiger partial charge on any atom is 0.254 e. The fraction of sp³-hybridized carbons (Fsp3) is 0.261. The average molecular weight is 374 g/mol. The molecule has 0 bridgehead atoms. The van der Waals surface area contributed by atoms with Crippen molar-refractivity contribution in [2.24, 2.45) is 0 Å². The molecular weight excluding hydrogens is 348 g/mol. The second-order valence-electron chi connectivity index (χ2n) is 7.04. The van der Waals surface area contributed by atoms with E-state index in [-0.39, 0.29) is 5.91 Å². The number of carbonyl (C=O) groups excluding carboxylic acids is 1. The first-order valence-corrected chi connectivity index (χ1v) is 9.52. The Morgan fingerprint density at radius 1 is 0.964 bits per heavy atom. The van der Waals surface area contributed by atoms with Gasteiger partial charge in [0, 0.05) is 24.6 Å². The van der Waals surface area contributed by atoms with Crippen LogP contribution in [-0.2, 0) is 6.42 Å². The molecule has 0 unspecified atom stereocenters. The quantitative estimate of drug-likeness (QED) is 0.597. The van der Waals surface area contributed by atoms with Crippen LogP contribution in [0.25, 0.3) is 0 Å². The Morgan fingerprint density at radius 3 is 2.25 bits per heavy atom. The van der Waals surface area contributed by atoms with Gasteiger partial charge in [0.15, 0.2) is 0 Å². The van der Waals surface area contributed by atoms with Gasteiger partial charge in [-0.1, -0.05) is 48.0 Å². The van der Waals surface area contributed by atoms with E-state index in [1.165, 1.54) is 11.1 Å². The first-order chi connectivity index (χ1) is 13.5. The monoisotopic (exact) mass is 374 g/mol. The van der Waals surface area contributed by atoms with E-state index >= 15 is 0 Å². The number of aromatic nitrogens is 2. The molecule has 0 aliphatic carbocycles. The molecular formula is C23H26N4O. The Morgan fingerprint density at radius 2 is 1.61 bits per heavy atom. The van der Waals surface area contributed by atoms with E-state index < -0.39 is 0 Å². The highest BCUT2D eigenvalue weighted by Crippen LogP contribution is 2.24. The van der Waals surface area contributed by atoms with Gasteiger partial charge in [0.2, 0.25) is 5.95 Å². The molecule has 0 saturated heterocycles. The maximum absolute atomic E-state index is 12.3. The van der Waals surface area contributed by atoms with Gasteiger partial charge in [-0.3, -0.25) is 4.79 Å². The highest BCUT2D eigenvalue weighted by molar-refractivity contribution is 5.93. The Bertz CT molecular complexity index is 914. The summed E-state index contributed by atoms with van der Waals surface area (Å²) in [5.74, 6) is 0.331. The van der Waals surface area contributed by atoms with Crippen molar-refractivity contribution in [3.63, 3.8) is 0 Å². The summed E-state index contributed by atoms with van der Waals surface area (Å²) in [5.41, 5.74) is 6.24. The predicted molar refractivity (Wildman–Crippen MR) is 113 cm³/mol. The number of carbonyl (C=O) groups is 1. The molecule has 0 spiro atoms. The highest BCUT2D eigenvalue weighted by atomic mass is 16.1. The fourth-order valence-corrected chi connectivity index (χ4v) is 3.24. The molecule has 0 saturated carbocycles. The van der Waals surface area contributed by atoms with E-state index in [9.17, 15) is 4.79 Å². The molecule has 2 aromatic carbocycles. The molecule has 3 aromatic rings. The van der Waals surface area contributed by atoms with Gasteiger partial charge in [0.1, 0.15) is 0 Å².